The summed E-state index contributed by atoms with van der Waals surface area (Å²) in [7, 11) is 0. The Morgan fingerprint density at radius 1 is 1.10 bits per heavy atom. The molecule has 0 spiro atoms. The smallest absolute Gasteiger partial charge is 0.119 e. The van der Waals surface area contributed by atoms with Crippen molar-refractivity contribution in [1.29, 1.82) is 0 Å². The Hall–Kier alpha value is -2.82. The highest BCUT2D eigenvalue weighted by molar-refractivity contribution is 5.73. The molecule has 5 heteroatoms. The van der Waals surface area contributed by atoms with Crippen LogP contribution in [0.25, 0.3) is 16.9 Å². The van der Waals surface area contributed by atoms with E-state index in [4.69, 9.17) is 10.5 Å². The minimum absolute atomic E-state index is 0.655. The molecular weight excluding hydrogens is 264 g/mol. The monoisotopic (exact) mass is 280 g/mol. The number of imidazole rings is 1. The number of rotatable bonds is 4. The van der Waals surface area contributed by atoms with E-state index in [0.29, 0.717) is 12.3 Å². The summed E-state index contributed by atoms with van der Waals surface area (Å²) in [6, 6.07) is 9.64. The average molecular weight is 280 g/mol. The quantitative estimate of drug-likeness (QED) is 0.798. The van der Waals surface area contributed by atoms with Crippen molar-refractivity contribution in [3.63, 3.8) is 0 Å². The number of hydrogen-bond acceptors (Lipinski definition) is 4. The van der Waals surface area contributed by atoms with Crippen molar-refractivity contribution in [3.05, 3.63) is 55.2 Å². The van der Waals surface area contributed by atoms with Crippen LogP contribution in [0.2, 0.25) is 0 Å². The lowest BCUT2D eigenvalue weighted by atomic mass is 10.2. The third-order valence-electron chi connectivity index (χ3n) is 3.20. The largest absolute Gasteiger partial charge is 0.494 e. The minimum atomic E-state index is 0.655. The van der Waals surface area contributed by atoms with E-state index in [-0.39, 0.29) is 0 Å². The van der Waals surface area contributed by atoms with E-state index in [0.717, 1.165) is 22.7 Å². The minimum Gasteiger partial charge on any atom is -0.494 e. The van der Waals surface area contributed by atoms with Crippen molar-refractivity contribution in [3.8, 4) is 22.7 Å². The van der Waals surface area contributed by atoms with Gasteiger partial charge in [0.25, 0.3) is 0 Å². The van der Waals surface area contributed by atoms with Gasteiger partial charge in [-0.15, -0.1) is 0 Å². The van der Waals surface area contributed by atoms with Crippen LogP contribution in [0.4, 0.5) is 5.69 Å². The second kappa shape index (κ2) is 5.66. The lowest BCUT2D eigenvalue weighted by Gasteiger charge is -2.10. The fraction of sp³-hybridized carbons (Fsp3) is 0.125. The van der Waals surface area contributed by atoms with Gasteiger partial charge in [0.05, 0.1) is 24.8 Å². The van der Waals surface area contributed by atoms with Gasteiger partial charge < -0.3 is 10.5 Å². The van der Waals surface area contributed by atoms with Gasteiger partial charge >= 0.3 is 0 Å². The van der Waals surface area contributed by atoms with Crippen molar-refractivity contribution in [2.24, 2.45) is 0 Å². The van der Waals surface area contributed by atoms with E-state index in [1.165, 1.54) is 0 Å². The number of nitrogens with zero attached hydrogens (tertiary/aromatic N) is 3. The molecule has 0 aliphatic carbocycles. The first kappa shape index (κ1) is 13.2. The molecule has 0 aliphatic rings. The molecule has 0 radical (unpaired) electrons. The number of benzene rings is 1. The maximum atomic E-state index is 6.02. The summed E-state index contributed by atoms with van der Waals surface area (Å²) in [6.45, 7) is 2.62. The van der Waals surface area contributed by atoms with Gasteiger partial charge in [-0.3, -0.25) is 9.55 Å². The highest BCUT2D eigenvalue weighted by Gasteiger charge is 2.10. The van der Waals surface area contributed by atoms with Crippen LogP contribution in [-0.2, 0) is 0 Å². The summed E-state index contributed by atoms with van der Waals surface area (Å²) in [5.74, 6) is 0.851. The summed E-state index contributed by atoms with van der Waals surface area (Å²) >= 11 is 0. The van der Waals surface area contributed by atoms with Crippen molar-refractivity contribution < 1.29 is 4.74 Å². The number of ether oxygens (including phenoxy) is 1. The molecule has 0 saturated heterocycles. The first-order valence-electron chi connectivity index (χ1n) is 6.75. The molecule has 3 rings (SSSR count). The molecule has 2 N–H and O–H groups in total. The SMILES string of the molecule is CCOc1ccc(-n2cncc2-c2cnccc2N)cc1. The van der Waals surface area contributed by atoms with Crippen LogP contribution >= 0.6 is 0 Å². The Morgan fingerprint density at radius 3 is 2.62 bits per heavy atom. The van der Waals surface area contributed by atoms with Gasteiger partial charge in [-0.25, -0.2) is 4.98 Å². The Bertz CT molecular complexity index is 734. The lowest BCUT2D eigenvalue weighted by Crippen LogP contribution is -1.99. The number of aromatic nitrogens is 3. The van der Waals surface area contributed by atoms with E-state index in [1.54, 1.807) is 31.0 Å². The molecule has 0 bridgehead atoms. The fourth-order valence-corrected chi connectivity index (χ4v) is 2.19. The van der Waals surface area contributed by atoms with Crippen LogP contribution < -0.4 is 10.5 Å². The standard InChI is InChI=1S/C16H16N4O/c1-2-21-13-5-3-12(4-6-13)20-11-19-10-16(20)14-9-18-8-7-15(14)17/h3-11H,2H2,1H3,(H2,17,18). The second-order valence-electron chi connectivity index (χ2n) is 4.54. The summed E-state index contributed by atoms with van der Waals surface area (Å²) in [5, 5.41) is 0. The second-order valence-corrected chi connectivity index (χ2v) is 4.54. The van der Waals surface area contributed by atoms with E-state index < -0.39 is 0 Å². The number of nitrogen functional groups attached to an aromatic ring is 1. The van der Waals surface area contributed by atoms with Crippen LogP contribution in [0.3, 0.4) is 0 Å². The summed E-state index contributed by atoms with van der Waals surface area (Å²) in [5.41, 5.74) is 9.47. The third kappa shape index (κ3) is 2.58. The fourth-order valence-electron chi connectivity index (χ4n) is 2.19. The van der Waals surface area contributed by atoms with Crippen molar-refractivity contribution in [1.82, 2.24) is 14.5 Å². The van der Waals surface area contributed by atoms with Gasteiger partial charge in [-0.2, -0.15) is 0 Å². The first-order chi connectivity index (χ1) is 10.3. The number of anilines is 1. The molecule has 3 aromatic rings. The molecule has 0 aliphatic heterocycles. The molecule has 0 saturated carbocycles. The summed E-state index contributed by atoms with van der Waals surface area (Å²) in [6.07, 6.45) is 6.97. The lowest BCUT2D eigenvalue weighted by molar-refractivity contribution is 0.340. The van der Waals surface area contributed by atoms with Gasteiger partial charge in [0.15, 0.2) is 0 Å². The molecule has 21 heavy (non-hydrogen) atoms. The van der Waals surface area contributed by atoms with Gasteiger partial charge in [-0.05, 0) is 37.3 Å². The Kier molecular flexibility index (Phi) is 3.55. The molecule has 5 nitrogen and oxygen atoms in total. The Labute approximate surface area is 123 Å². The van der Waals surface area contributed by atoms with Crippen LogP contribution in [0.15, 0.2) is 55.2 Å². The number of hydrogen-bond donors (Lipinski definition) is 1. The zero-order valence-electron chi connectivity index (χ0n) is 11.7. The zero-order chi connectivity index (χ0) is 14.7. The highest BCUT2D eigenvalue weighted by Crippen LogP contribution is 2.27. The maximum Gasteiger partial charge on any atom is 0.119 e. The van der Waals surface area contributed by atoms with Gasteiger partial charge in [0.1, 0.15) is 5.75 Å². The topological polar surface area (TPSA) is 66.0 Å². The molecule has 0 atom stereocenters. The third-order valence-corrected chi connectivity index (χ3v) is 3.20. The van der Waals surface area contributed by atoms with Crippen LogP contribution in [-0.4, -0.2) is 21.1 Å². The molecule has 2 heterocycles. The Morgan fingerprint density at radius 2 is 1.90 bits per heavy atom. The number of pyridine rings is 1. The van der Waals surface area contributed by atoms with Crippen LogP contribution in [0.1, 0.15) is 6.92 Å². The molecule has 0 unspecified atom stereocenters. The zero-order valence-corrected chi connectivity index (χ0v) is 11.7. The molecule has 0 amide bonds. The predicted octanol–water partition coefficient (Wildman–Crippen LogP) is 2.92. The van der Waals surface area contributed by atoms with E-state index in [9.17, 15) is 0 Å². The molecular formula is C16H16N4O. The van der Waals surface area contributed by atoms with E-state index in [2.05, 4.69) is 9.97 Å². The van der Waals surface area contributed by atoms with Gasteiger partial charge in [-0.1, -0.05) is 0 Å². The van der Waals surface area contributed by atoms with Crippen LogP contribution in [0.5, 0.6) is 5.75 Å². The Balaban J connectivity index is 2.01. The molecule has 106 valence electrons. The number of nitrogens with two attached hydrogens (primary N) is 1. The summed E-state index contributed by atoms with van der Waals surface area (Å²) in [4.78, 5) is 8.36. The first-order valence-corrected chi connectivity index (χ1v) is 6.75. The molecule has 2 aromatic heterocycles. The van der Waals surface area contributed by atoms with Crippen LogP contribution in [0, 0.1) is 0 Å². The average Bonchev–Trinajstić information content (AvgIpc) is 2.98. The van der Waals surface area contributed by atoms with Crippen molar-refractivity contribution in [2.45, 2.75) is 6.92 Å². The predicted molar refractivity (Wildman–Crippen MR) is 82.4 cm³/mol. The van der Waals surface area contributed by atoms with Crippen molar-refractivity contribution in [2.75, 3.05) is 12.3 Å². The highest BCUT2D eigenvalue weighted by atomic mass is 16.5. The molecule has 1 aromatic carbocycles. The summed E-state index contributed by atoms with van der Waals surface area (Å²) < 4.78 is 7.43. The normalized spacial score (nSPS) is 10.5. The van der Waals surface area contributed by atoms with Gasteiger partial charge in [0.2, 0.25) is 0 Å². The maximum absolute atomic E-state index is 6.02. The van der Waals surface area contributed by atoms with Gasteiger partial charge in [0, 0.05) is 29.3 Å². The molecule has 0 fully saturated rings. The van der Waals surface area contributed by atoms with Crippen molar-refractivity contribution >= 4 is 5.69 Å². The van der Waals surface area contributed by atoms with E-state index in [1.807, 2.05) is 35.8 Å². The van der Waals surface area contributed by atoms with E-state index >= 15 is 0 Å².